The molecule has 16 heavy (non-hydrogen) atoms. The maximum Gasteiger partial charge on any atom is 0.167 e. The van der Waals surface area contributed by atoms with E-state index in [1.165, 1.54) is 12.5 Å². The second-order valence-electron chi connectivity index (χ2n) is 4.25. The molecule has 1 unspecified atom stereocenters. The normalized spacial score (nSPS) is 20.7. The van der Waals surface area contributed by atoms with Crippen LogP contribution < -0.4 is 5.32 Å². The van der Waals surface area contributed by atoms with Crippen molar-refractivity contribution in [3.8, 4) is 0 Å². The maximum absolute atomic E-state index is 13.4. The highest BCUT2D eigenvalue weighted by Gasteiger charge is 2.18. The molecule has 1 N–H and O–H groups in total. The van der Waals surface area contributed by atoms with E-state index < -0.39 is 5.82 Å². The molecular formula is C13H16FNO. The van der Waals surface area contributed by atoms with Gasteiger partial charge in [-0.25, -0.2) is 4.39 Å². The van der Waals surface area contributed by atoms with Gasteiger partial charge >= 0.3 is 0 Å². The first-order valence-corrected chi connectivity index (χ1v) is 5.78. The largest absolute Gasteiger partial charge is 0.314 e. The molecule has 1 fully saturated rings. The van der Waals surface area contributed by atoms with Crippen molar-refractivity contribution >= 4 is 5.78 Å². The van der Waals surface area contributed by atoms with Gasteiger partial charge in [-0.3, -0.25) is 4.79 Å². The van der Waals surface area contributed by atoms with Crippen molar-refractivity contribution in [2.75, 3.05) is 6.54 Å². The SMILES string of the molecule is O=C(CC1CCCCN1)c1ccccc1F. The molecule has 0 aromatic heterocycles. The number of Topliss-reactive ketones (excluding diaryl/α,β-unsaturated/α-hetero) is 1. The Labute approximate surface area is 94.9 Å². The predicted molar refractivity (Wildman–Crippen MR) is 61.0 cm³/mol. The molecule has 0 amide bonds. The predicted octanol–water partition coefficient (Wildman–Crippen LogP) is 2.54. The molecular weight excluding hydrogens is 205 g/mol. The van der Waals surface area contributed by atoms with E-state index in [0.717, 1.165) is 19.4 Å². The van der Waals surface area contributed by atoms with E-state index in [2.05, 4.69) is 5.32 Å². The molecule has 1 aliphatic rings. The fourth-order valence-corrected chi connectivity index (χ4v) is 2.12. The summed E-state index contributed by atoms with van der Waals surface area (Å²) in [5, 5.41) is 3.30. The van der Waals surface area contributed by atoms with Gasteiger partial charge in [0.2, 0.25) is 0 Å². The lowest BCUT2D eigenvalue weighted by molar-refractivity contribution is 0.0960. The number of carbonyl (C=O) groups is 1. The average Bonchev–Trinajstić information content (AvgIpc) is 2.31. The number of hydrogen-bond acceptors (Lipinski definition) is 2. The summed E-state index contributed by atoms with van der Waals surface area (Å²) in [6.45, 7) is 0.967. The van der Waals surface area contributed by atoms with Gasteiger partial charge in [-0.15, -0.1) is 0 Å². The van der Waals surface area contributed by atoms with E-state index in [1.807, 2.05) is 0 Å². The number of piperidine rings is 1. The molecule has 86 valence electrons. The summed E-state index contributed by atoms with van der Waals surface area (Å²) in [7, 11) is 0. The van der Waals surface area contributed by atoms with Crippen molar-refractivity contribution in [3.63, 3.8) is 0 Å². The molecule has 1 aromatic rings. The number of carbonyl (C=O) groups excluding carboxylic acids is 1. The zero-order chi connectivity index (χ0) is 11.4. The van der Waals surface area contributed by atoms with Crippen LogP contribution in [0.25, 0.3) is 0 Å². The van der Waals surface area contributed by atoms with Crippen molar-refractivity contribution < 1.29 is 9.18 Å². The Morgan fingerprint density at radius 3 is 2.88 bits per heavy atom. The Morgan fingerprint density at radius 1 is 1.38 bits per heavy atom. The molecule has 0 radical (unpaired) electrons. The van der Waals surface area contributed by atoms with Crippen LogP contribution in [-0.4, -0.2) is 18.4 Å². The number of nitrogens with one attached hydrogen (secondary N) is 1. The first-order chi connectivity index (χ1) is 7.77. The van der Waals surface area contributed by atoms with Crippen molar-refractivity contribution in [2.24, 2.45) is 0 Å². The zero-order valence-electron chi connectivity index (χ0n) is 9.21. The highest BCUT2D eigenvalue weighted by atomic mass is 19.1. The third kappa shape index (κ3) is 2.67. The molecule has 0 saturated carbocycles. The van der Waals surface area contributed by atoms with Crippen LogP contribution in [0.2, 0.25) is 0 Å². The Bertz CT molecular complexity index is 372. The van der Waals surface area contributed by atoms with E-state index in [9.17, 15) is 9.18 Å². The average molecular weight is 221 g/mol. The van der Waals surface area contributed by atoms with Crippen LogP contribution in [0.4, 0.5) is 4.39 Å². The highest BCUT2D eigenvalue weighted by Crippen LogP contribution is 2.15. The Kier molecular flexibility index (Phi) is 3.67. The quantitative estimate of drug-likeness (QED) is 0.795. The molecule has 1 atom stereocenters. The number of benzene rings is 1. The van der Waals surface area contributed by atoms with Gasteiger partial charge in [0.05, 0.1) is 5.56 Å². The smallest absolute Gasteiger partial charge is 0.167 e. The van der Waals surface area contributed by atoms with Gasteiger partial charge in [0.25, 0.3) is 0 Å². The van der Waals surface area contributed by atoms with Crippen molar-refractivity contribution in [1.82, 2.24) is 5.32 Å². The van der Waals surface area contributed by atoms with Gasteiger partial charge in [-0.05, 0) is 31.5 Å². The van der Waals surface area contributed by atoms with Crippen LogP contribution in [0, 0.1) is 5.82 Å². The zero-order valence-corrected chi connectivity index (χ0v) is 9.21. The summed E-state index contributed by atoms with van der Waals surface area (Å²) in [6, 6.07) is 6.42. The Balaban J connectivity index is 2.00. The standard InChI is InChI=1S/C13H16FNO/c14-12-7-2-1-6-11(12)13(16)9-10-5-3-4-8-15-10/h1-2,6-7,10,15H,3-5,8-9H2. The molecule has 0 bridgehead atoms. The van der Waals surface area contributed by atoms with Crippen molar-refractivity contribution in [2.45, 2.75) is 31.7 Å². The van der Waals surface area contributed by atoms with Crippen LogP contribution in [0.1, 0.15) is 36.0 Å². The van der Waals surface area contributed by atoms with Crippen LogP contribution in [-0.2, 0) is 0 Å². The molecule has 0 spiro atoms. The van der Waals surface area contributed by atoms with Gasteiger partial charge < -0.3 is 5.32 Å². The summed E-state index contributed by atoms with van der Waals surface area (Å²) in [4.78, 5) is 11.9. The summed E-state index contributed by atoms with van der Waals surface area (Å²) in [6.07, 6.45) is 3.74. The lowest BCUT2D eigenvalue weighted by Crippen LogP contribution is -2.35. The van der Waals surface area contributed by atoms with E-state index in [0.29, 0.717) is 6.42 Å². The minimum absolute atomic E-state index is 0.0995. The number of halogens is 1. The van der Waals surface area contributed by atoms with Gasteiger partial charge in [0.15, 0.2) is 5.78 Å². The Morgan fingerprint density at radius 2 is 2.19 bits per heavy atom. The number of hydrogen-bond donors (Lipinski definition) is 1. The van der Waals surface area contributed by atoms with Crippen LogP contribution in [0.3, 0.4) is 0 Å². The van der Waals surface area contributed by atoms with Crippen LogP contribution in [0.15, 0.2) is 24.3 Å². The van der Waals surface area contributed by atoms with Gasteiger partial charge in [0.1, 0.15) is 5.82 Å². The molecule has 0 aliphatic carbocycles. The molecule has 1 heterocycles. The summed E-state index contributed by atoms with van der Waals surface area (Å²) in [5.74, 6) is -0.513. The highest BCUT2D eigenvalue weighted by molar-refractivity contribution is 5.96. The maximum atomic E-state index is 13.4. The molecule has 1 saturated heterocycles. The van der Waals surface area contributed by atoms with E-state index in [4.69, 9.17) is 0 Å². The minimum Gasteiger partial charge on any atom is -0.314 e. The van der Waals surface area contributed by atoms with Gasteiger partial charge in [0, 0.05) is 12.5 Å². The second kappa shape index (κ2) is 5.21. The van der Waals surface area contributed by atoms with Crippen molar-refractivity contribution in [3.05, 3.63) is 35.6 Å². The number of ketones is 1. The molecule has 3 heteroatoms. The minimum atomic E-state index is -0.414. The lowest BCUT2D eigenvalue weighted by Gasteiger charge is -2.22. The third-order valence-corrected chi connectivity index (χ3v) is 3.02. The summed E-state index contributed by atoms with van der Waals surface area (Å²) in [5.41, 5.74) is 0.217. The van der Waals surface area contributed by atoms with Crippen LogP contribution >= 0.6 is 0 Å². The molecule has 1 aromatic carbocycles. The Hall–Kier alpha value is -1.22. The molecule has 2 rings (SSSR count). The first-order valence-electron chi connectivity index (χ1n) is 5.78. The lowest BCUT2D eigenvalue weighted by atomic mass is 9.97. The van der Waals surface area contributed by atoms with Gasteiger partial charge in [-0.2, -0.15) is 0 Å². The van der Waals surface area contributed by atoms with Crippen LogP contribution in [0.5, 0.6) is 0 Å². The fourth-order valence-electron chi connectivity index (χ4n) is 2.12. The first kappa shape index (κ1) is 11.3. The summed E-state index contributed by atoms with van der Waals surface area (Å²) < 4.78 is 13.4. The molecule has 2 nitrogen and oxygen atoms in total. The number of rotatable bonds is 3. The van der Waals surface area contributed by atoms with E-state index in [1.54, 1.807) is 18.2 Å². The van der Waals surface area contributed by atoms with Gasteiger partial charge in [-0.1, -0.05) is 18.6 Å². The monoisotopic (exact) mass is 221 g/mol. The fraction of sp³-hybridized carbons (Fsp3) is 0.462. The van der Waals surface area contributed by atoms with Crippen molar-refractivity contribution in [1.29, 1.82) is 0 Å². The van der Waals surface area contributed by atoms with E-state index >= 15 is 0 Å². The van der Waals surface area contributed by atoms with E-state index in [-0.39, 0.29) is 17.4 Å². The summed E-state index contributed by atoms with van der Waals surface area (Å²) >= 11 is 0. The third-order valence-electron chi connectivity index (χ3n) is 3.02. The topological polar surface area (TPSA) is 29.1 Å². The molecule has 1 aliphatic heterocycles. The second-order valence-corrected chi connectivity index (χ2v) is 4.25.